The maximum absolute atomic E-state index is 13.1. The molecule has 2 aliphatic heterocycles. The molecule has 2 aliphatic rings. The molecule has 2 aromatic carbocycles. The Bertz CT molecular complexity index is 1010. The third kappa shape index (κ3) is 4.22. The first kappa shape index (κ1) is 23.2. The van der Waals surface area contributed by atoms with Crippen molar-refractivity contribution in [2.45, 2.75) is 42.9 Å². The minimum atomic E-state index is -1.71. The van der Waals surface area contributed by atoms with E-state index in [2.05, 4.69) is 0 Å². The predicted molar refractivity (Wildman–Crippen MR) is 109 cm³/mol. The van der Waals surface area contributed by atoms with E-state index in [4.69, 9.17) is 18.9 Å². The van der Waals surface area contributed by atoms with E-state index < -0.39 is 55.3 Å². The van der Waals surface area contributed by atoms with Crippen molar-refractivity contribution >= 4 is 5.78 Å². The molecule has 1 saturated heterocycles. The number of aliphatic hydroxyl groups excluding tert-OH is 5. The summed E-state index contributed by atoms with van der Waals surface area (Å²) in [6, 6.07) is 8.54. The molecule has 0 radical (unpaired) electrons. The van der Waals surface area contributed by atoms with E-state index in [1.54, 1.807) is 0 Å². The number of carbonyl (C=O) groups excluding carboxylic acids is 1. The van der Waals surface area contributed by atoms with Gasteiger partial charge in [-0.2, -0.15) is 0 Å². The minimum Gasteiger partial charge on any atom is -0.508 e. The number of aromatic hydroxyl groups is 1. The van der Waals surface area contributed by atoms with Gasteiger partial charge in [0, 0.05) is 12.1 Å². The Balaban J connectivity index is 1.70. The summed E-state index contributed by atoms with van der Waals surface area (Å²) < 4.78 is 22.1. The number of aliphatic hydroxyl groups is 5. The highest BCUT2D eigenvalue weighted by atomic mass is 16.7. The Morgan fingerprint density at radius 3 is 2.33 bits per heavy atom. The second kappa shape index (κ2) is 9.14. The first-order valence-electron chi connectivity index (χ1n) is 10.1. The monoisotopic (exact) mass is 464 g/mol. The summed E-state index contributed by atoms with van der Waals surface area (Å²) in [5.74, 6) is -0.643. The van der Waals surface area contributed by atoms with Gasteiger partial charge in [0.15, 0.2) is 12.2 Å². The molecule has 11 nitrogen and oxygen atoms in total. The van der Waals surface area contributed by atoms with E-state index in [-0.39, 0.29) is 28.6 Å². The first-order valence-corrected chi connectivity index (χ1v) is 10.1. The van der Waals surface area contributed by atoms with Crippen LogP contribution < -0.4 is 14.2 Å². The number of carbonyl (C=O) groups is 1. The van der Waals surface area contributed by atoms with E-state index in [1.807, 2.05) is 0 Å². The van der Waals surface area contributed by atoms with E-state index in [0.717, 1.165) is 0 Å². The number of benzene rings is 2. The normalized spacial score (nSPS) is 31.5. The van der Waals surface area contributed by atoms with Gasteiger partial charge in [-0.25, -0.2) is 0 Å². The lowest BCUT2D eigenvalue weighted by molar-refractivity contribution is -0.277. The highest BCUT2D eigenvalue weighted by Crippen LogP contribution is 2.43. The molecule has 11 heteroatoms. The number of fused-ring (bicyclic) bond motifs is 1. The summed E-state index contributed by atoms with van der Waals surface area (Å²) in [4.78, 5) is 13.1. The van der Waals surface area contributed by atoms with Crippen LogP contribution in [0.25, 0.3) is 0 Å². The first-order chi connectivity index (χ1) is 15.7. The van der Waals surface area contributed by atoms with Crippen molar-refractivity contribution in [2.75, 3.05) is 13.7 Å². The number of Topliss-reactive ketones (excluding diaryl/α,β-unsaturated/α-hetero) is 1. The Hall–Kier alpha value is -2.93. The maximum atomic E-state index is 13.1. The van der Waals surface area contributed by atoms with Gasteiger partial charge in [0.25, 0.3) is 0 Å². The summed E-state index contributed by atoms with van der Waals surface area (Å²) in [7, 11) is 1.37. The van der Waals surface area contributed by atoms with Crippen molar-refractivity contribution in [3.8, 4) is 23.0 Å². The fourth-order valence-electron chi connectivity index (χ4n) is 3.80. The fraction of sp³-hybridized carbons (Fsp3) is 0.409. The number of rotatable bonds is 5. The summed E-state index contributed by atoms with van der Waals surface area (Å²) >= 11 is 0. The van der Waals surface area contributed by atoms with Gasteiger partial charge in [-0.15, -0.1) is 0 Å². The Kier molecular flexibility index (Phi) is 6.43. The largest absolute Gasteiger partial charge is 0.508 e. The topological polar surface area (TPSA) is 175 Å². The zero-order chi connectivity index (χ0) is 23.9. The molecule has 2 aromatic rings. The molecule has 178 valence electrons. The molecule has 1 unspecified atom stereocenters. The van der Waals surface area contributed by atoms with Gasteiger partial charge in [0.1, 0.15) is 53.0 Å². The molecule has 4 rings (SSSR count). The van der Waals surface area contributed by atoms with Crippen molar-refractivity contribution in [3.63, 3.8) is 0 Å². The number of phenolic OH excluding ortho intramolecular Hbond substituents is 1. The third-order valence-electron chi connectivity index (χ3n) is 5.64. The molecule has 0 bridgehead atoms. The van der Waals surface area contributed by atoms with Crippen molar-refractivity contribution in [2.24, 2.45) is 0 Å². The van der Waals surface area contributed by atoms with Crippen LogP contribution in [-0.2, 0) is 4.74 Å². The number of ketones is 1. The average molecular weight is 464 g/mol. The number of hydrogen-bond donors (Lipinski definition) is 6. The molecule has 2 heterocycles. The van der Waals surface area contributed by atoms with Crippen LogP contribution in [0.1, 0.15) is 22.0 Å². The van der Waals surface area contributed by atoms with Gasteiger partial charge in [-0.3, -0.25) is 4.79 Å². The number of hydrogen-bond acceptors (Lipinski definition) is 11. The van der Waals surface area contributed by atoms with Crippen molar-refractivity contribution in [1.29, 1.82) is 0 Å². The van der Waals surface area contributed by atoms with Crippen molar-refractivity contribution in [1.82, 2.24) is 0 Å². The van der Waals surface area contributed by atoms with Crippen LogP contribution in [0.2, 0.25) is 0 Å². The smallest absolute Gasteiger partial charge is 0.229 e. The van der Waals surface area contributed by atoms with Crippen molar-refractivity contribution < 1.29 is 54.4 Å². The van der Waals surface area contributed by atoms with Gasteiger partial charge in [0.05, 0.1) is 13.7 Å². The molecule has 0 aliphatic carbocycles. The van der Waals surface area contributed by atoms with Crippen LogP contribution in [-0.4, -0.2) is 86.9 Å². The molecular weight excluding hydrogens is 440 g/mol. The van der Waals surface area contributed by atoms with Gasteiger partial charge < -0.3 is 49.6 Å². The van der Waals surface area contributed by atoms with E-state index in [9.17, 15) is 35.4 Å². The van der Waals surface area contributed by atoms with Crippen LogP contribution in [0.5, 0.6) is 23.0 Å². The lowest BCUT2D eigenvalue weighted by Crippen LogP contribution is -2.60. The minimum absolute atomic E-state index is 0.00709. The van der Waals surface area contributed by atoms with Crippen LogP contribution in [0.4, 0.5) is 0 Å². The lowest BCUT2D eigenvalue weighted by atomic mass is 9.92. The van der Waals surface area contributed by atoms with Crippen LogP contribution >= 0.6 is 0 Å². The molecule has 0 saturated carbocycles. The lowest BCUT2D eigenvalue weighted by Gasteiger charge is -2.40. The maximum Gasteiger partial charge on any atom is 0.229 e. The highest BCUT2D eigenvalue weighted by molar-refractivity contribution is 6.05. The summed E-state index contributed by atoms with van der Waals surface area (Å²) in [5, 5.41) is 59.8. The summed E-state index contributed by atoms with van der Waals surface area (Å²) in [5.41, 5.74) is 0.300. The zero-order valence-corrected chi connectivity index (χ0v) is 17.4. The van der Waals surface area contributed by atoms with Crippen molar-refractivity contribution in [3.05, 3.63) is 47.5 Å². The molecule has 6 N–H and O–H groups in total. The second-order valence-electron chi connectivity index (χ2n) is 7.75. The molecule has 7 atom stereocenters. The molecule has 1 fully saturated rings. The number of phenols is 1. The molecule has 0 aromatic heterocycles. The quantitative estimate of drug-likeness (QED) is 0.329. The predicted octanol–water partition coefficient (Wildman–Crippen LogP) is -0.743. The fourth-order valence-corrected chi connectivity index (χ4v) is 3.80. The van der Waals surface area contributed by atoms with E-state index in [1.165, 1.54) is 43.5 Å². The molecule has 0 amide bonds. The number of methoxy groups -OCH3 is 1. The second-order valence-corrected chi connectivity index (χ2v) is 7.75. The van der Waals surface area contributed by atoms with E-state index in [0.29, 0.717) is 5.56 Å². The zero-order valence-electron chi connectivity index (χ0n) is 17.4. The SMILES string of the molecule is COc1cc(O[C@@H]2O[C@H](CO)[C@@H](O)C(O)[C@H]2O)c2c(c1)O[C@H](c1ccc(O)cc1)[C@@H](O)C2=O. The van der Waals surface area contributed by atoms with Gasteiger partial charge in [-0.1, -0.05) is 12.1 Å². The van der Waals surface area contributed by atoms with E-state index >= 15 is 0 Å². The average Bonchev–Trinajstić information content (AvgIpc) is 2.81. The Morgan fingerprint density at radius 2 is 1.70 bits per heavy atom. The third-order valence-corrected chi connectivity index (χ3v) is 5.64. The standard InChI is InChI=1S/C22H24O11/c1-30-11-6-12-15(17(26)19(28)21(31-12)9-2-4-10(24)5-3-9)13(7-11)32-22-20(29)18(27)16(25)14(8-23)33-22/h2-7,14,16,18-25,27-29H,8H2,1H3/t14-,16-,18?,19+,20-,21-,22-/m1/s1. The Labute approximate surface area is 188 Å². The van der Waals surface area contributed by atoms with Gasteiger partial charge >= 0.3 is 0 Å². The van der Waals surface area contributed by atoms with Crippen LogP contribution in [0.3, 0.4) is 0 Å². The van der Waals surface area contributed by atoms with Crippen LogP contribution in [0, 0.1) is 0 Å². The molecule has 33 heavy (non-hydrogen) atoms. The van der Waals surface area contributed by atoms with Crippen LogP contribution in [0.15, 0.2) is 36.4 Å². The molecule has 0 spiro atoms. The van der Waals surface area contributed by atoms with Gasteiger partial charge in [-0.05, 0) is 17.7 Å². The highest BCUT2D eigenvalue weighted by Gasteiger charge is 2.46. The summed E-state index contributed by atoms with van der Waals surface area (Å²) in [6.07, 6.45) is -10.4. The Morgan fingerprint density at radius 1 is 1.00 bits per heavy atom. The molecular formula is C22H24O11. The number of ether oxygens (including phenoxy) is 4. The summed E-state index contributed by atoms with van der Waals surface area (Å²) in [6.45, 7) is -0.657. The van der Waals surface area contributed by atoms with Gasteiger partial charge in [0.2, 0.25) is 12.1 Å².